The van der Waals surface area contributed by atoms with Crippen LogP contribution in [0.15, 0.2) is 70.5 Å². The van der Waals surface area contributed by atoms with Crippen LogP contribution in [0.3, 0.4) is 0 Å². The van der Waals surface area contributed by atoms with E-state index in [-0.39, 0.29) is 23.5 Å². The van der Waals surface area contributed by atoms with Gasteiger partial charge in [0.1, 0.15) is 5.82 Å². The molecule has 1 aliphatic rings. The Morgan fingerprint density at radius 3 is 2.67 bits per heavy atom. The smallest absolute Gasteiger partial charge is 0.277 e. The molecule has 0 spiro atoms. The molecular weight excluding hydrogens is 383 g/mol. The van der Waals surface area contributed by atoms with E-state index in [1.807, 2.05) is 31.0 Å². The number of nitrogens with one attached hydrogen (secondary N) is 2. The predicted octanol–water partition coefficient (Wildman–Crippen LogP) is 4.16. The van der Waals surface area contributed by atoms with E-state index in [4.69, 9.17) is 4.52 Å². The first-order valence-corrected chi connectivity index (χ1v) is 9.75. The molecule has 0 bridgehead atoms. The van der Waals surface area contributed by atoms with Crippen LogP contribution in [-0.4, -0.2) is 22.1 Å². The van der Waals surface area contributed by atoms with Crippen LogP contribution in [0.1, 0.15) is 35.5 Å². The van der Waals surface area contributed by atoms with E-state index < -0.39 is 0 Å². The van der Waals surface area contributed by atoms with Crippen LogP contribution >= 0.6 is 0 Å². The lowest BCUT2D eigenvalue weighted by atomic mass is 10.1. The molecule has 0 saturated heterocycles. The average Bonchev–Trinajstić information content (AvgIpc) is 3.32. The van der Waals surface area contributed by atoms with E-state index in [0.717, 1.165) is 11.4 Å². The maximum atomic E-state index is 13.1. The Morgan fingerprint density at radius 1 is 1.20 bits per heavy atom. The number of hydrogen-bond acceptors (Lipinski definition) is 5. The second-order valence-corrected chi connectivity index (χ2v) is 7.40. The van der Waals surface area contributed by atoms with Crippen molar-refractivity contribution in [2.24, 2.45) is 0 Å². The van der Waals surface area contributed by atoms with Gasteiger partial charge in [0, 0.05) is 17.3 Å². The SMILES string of the molecule is CC1=C(NC(=O)c2cc(-c3ccc(F)cc3)on2)[C@H](C)NN1Cc1ccccc1C. The lowest BCUT2D eigenvalue weighted by Gasteiger charge is -2.22. The number of halogens is 1. The molecule has 0 radical (unpaired) electrons. The maximum absolute atomic E-state index is 13.1. The van der Waals surface area contributed by atoms with Gasteiger partial charge in [-0.25, -0.2) is 9.82 Å². The highest BCUT2D eigenvalue weighted by Gasteiger charge is 2.28. The van der Waals surface area contributed by atoms with Crippen molar-refractivity contribution in [1.82, 2.24) is 20.9 Å². The highest BCUT2D eigenvalue weighted by atomic mass is 19.1. The van der Waals surface area contributed by atoms with Crippen molar-refractivity contribution in [1.29, 1.82) is 0 Å². The molecule has 0 aliphatic carbocycles. The number of carbonyl (C=O) groups is 1. The lowest BCUT2D eigenvalue weighted by Crippen LogP contribution is -2.37. The fourth-order valence-electron chi connectivity index (χ4n) is 3.49. The Labute approximate surface area is 174 Å². The predicted molar refractivity (Wildman–Crippen MR) is 111 cm³/mol. The fourth-order valence-corrected chi connectivity index (χ4v) is 3.49. The molecule has 3 aromatic rings. The minimum Gasteiger partial charge on any atom is -0.355 e. The third-order valence-electron chi connectivity index (χ3n) is 5.29. The minimum atomic E-state index is -0.354. The van der Waals surface area contributed by atoms with Gasteiger partial charge < -0.3 is 14.8 Å². The molecule has 2 aromatic carbocycles. The molecule has 0 unspecified atom stereocenters. The molecule has 1 amide bonds. The molecule has 1 atom stereocenters. The number of aryl methyl sites for hydroxylation is 1. The summed E-state index contributed by atoms with van der Waals surface area (Å²) in [6, 6.07) is 15.5. The van der Waals surface area contributed by atoms with Crippen LogP contribution in [0.4, 0.5) is 4.39 Å². The zero-order valence-corrected chi connectivity index (χ0v) is 17.1. The van der Waals surface area contributed by atoms with Gasteiger partial charge >= 0.3 is 0 Å². The van der Waals surface area contributed by atoms with Gasteiger partial charge in [0.15, 0.2) is 11.5 Å². The summed E-state index contributed by atoms with van der Waals surface area (Å²) < 4.78 is 18.4. The maximum Gasteiger partial charge on any atom is 0.277 e. The molecule has 1 aromatic heterocycles. The Kier molecular flexibility index (Phi) is 5.37. The average molecular weight is 406 g/mol. The summed E-state index contributed by atoms with van der Waals surface area (Å²) in [5.74, 6) is -0.283. The first-order valence-electron chi connectivity index (χ1n) is 9.75. The summed E-state index contributed by atoms with van der Waals surface area (Å²) in [5.41, 5.74) is 8.37. The van der Waals surface area contributed by atoms with Gasteiger partial charge in [0.05, 0.1) is 18.3 Å². The van der Waals surface area contributed by atoms with Crippen LogP contribution < -0.4 is 10.7 Å². The lowest BCUT2D eigenvalue weighted by molar-refractivity contribution is 0.0954. The molecule has 2 N–H and O–H groups in total. The number of nitrogens with zero attached hydrogens (tertiary/aromatic N) is 2. The molecule has 4 rings (SSSR count). The second kappa shape index (κ2) is 8.12. The van der Waals surface area contributed by atoms with Crippen molar-refractivity contribution in [3.63, 3.8) is 0 Å². The van der Waals surface area contributed by atoms with Crippen LogP contribution in [-0.2, 0) is 6.54 Å². The zero-order chi connectivity index (χ0) is 21.3. The fraction of sp³-hybridized carbons (Fsp3) is 0.217. The first kappa shape index (κ1) is 19.8. The molecule has 1 aliphatic heterocycles. The van der Waals surface area contributed by atoms with Gasteiger partial charge in [-0.3, -0.25) is 4.79 Å². The Morgan fingerprint density at radius 2 is 1.93 bits per heavy atom. The van der Waals surface area contributed by atoms with Crippen molar-refractivity contribution in [2.45, 2.75) is 33.4 Å². The van der Waals surface area contributed by atoms with E-state index in [2.05, 4.69) is 35.0 Å². The highest BCUT2D eigenvalue weighted by molar-refractivity contribution is 5.94. The van der Waals surface area contributed by atoms with Crippen molar-refractivity contribution in [3.05, 3.63) is 88.6 Å². The second-order valence-electron chi connectivity index (χ2n) is 7.40. The molecule has 6 nitrogen and oxygen atoms in total. The number of hydrazine groups is 1. The van der Waals surface area contributed by atoms with Crippen LogP contribution in [0.5, 0.6) is 0 Å². The largest absolute Gasteiger partial charge is 0.355 e. The number of benzene rings is 2. The van der Waals surface area contributed by atoms with Gasteiger partial charge in [0.25, 0.3) is 5.91 Å². The number of carbonyl (C=O) groups excluding carboxylic acids is 1. The van der Waals surface area contributed by atoms with Gasteiger partial charge in [-0.15, -0.1) is 0 Å². The van der Waals surface area contributed by atoms with E-state index in [1.165, 1.54) is 23.3 Å². The number of aromatic nitrogens is 1. The monoisotopic (exact) mass is 406 g/mol. The number of amides is 1. The van der Waals surface area contributed by atoms with E-state index in [9.17, 15) is 9.18 Å². The van der Waals surface area contributed by atoms with Gasteiger partial charge in [-0.05, 0) is 56.2 Å². The molecule has 2 heterocycles. The van der Waals surface area contributed by atoms with Crippen molar-refractivity contribution in [3.8, 4) is 11.3 Å². The van der Waals surface area contributed by atoms with Gasteiger partial charge in [-0.2, -0.15) is 0 Å². The van der Waals surface area contributed by atoms with Crippen LogP contribution in [0.2, 0.25) is 0 Å². The number of rotatable bonds is 5. The summed E-state index contributed by atoms with van der Waals surface area (Å²) in [4.78, 5) is 12.7. The summed E-state index contributed by atoms with van der Waals surface area (Å²) >= 11 is 0. The zero-order valence-electron chi connectivity index (χ0n) is 17.1. The third-order valence-corrected chi connectivity index (χ3v) is 5.29. The van der Waals surface area contributed by atoms with Crippen LogP contribution in [0.25, 0.3) is 11.3 Å². The minimum absolute atomic E-state index is 0.0542. The quantitative estimate of drug-likeness (QED) is 0.666. The molecule has 0 fully saturated rings. The molecular formula is C23H23FN4O2. The summed E-state index contributed by atoms with van der Waals surface area (Å²) in [6.45, 7) is 6.74. The number of hydrogen-bond donors (Lipinski definition) is 2. The standard InChI is InChI=1S/C23H23FN4O2/c1-14-6-4-5-7-18(14)13-28-16(3)22(15(2)26-28)25-23(29)20-12-21(30-27-20)17-8-10-19(24)11-9-17/h4-12,15,26H,13H2,1-3H3,(H,25,29)/t15-/m0/s1. The summed E-state index contributed by atoms with van der Waals surface area (Å²) in [6.07, 6.45) is 0. The summed E-state index contributed by atoms with van der Waals surface area (Å²) in [5, 5.41) is 8.86. The topological polar surface area (TPSA) is 70.4 Å². The van der Waals surface area contributed by atoms with Crippen LogP contribution in [0, 0.1) is 12.7 Å². The third kappa shape index (κ3) is 3.97. The normalized spacial score (nSPS) is 16.3. The molecule has 30 heavy (non-hydrogen) atoms. The Bertz CT molecular complexity index is 1100. The van der Waals surface area contributed by atoms with Crippen molar-refractivity contribution >= 4 is 5.91 Å². The Balaban J connectivity index is 1.49. The van der Waals surface area contributed by atoms with Crippen molar-refractivity contribution in [2.75, 3.05) is 0 Å². The van der Waals surface area contributed by atoms with E-state index in [1.54, 1.807) is 18.2 Å². The highest BCUT2D eigenvalue weighted by Crippen LogP contribution is 2.23. The first-order chi connectivity index (χ1) is 14.4. The van der Waals surface area contributed by atoms with E-state index in [0.29, 0.717) is 17.9 Å². The number of allylic oxidation sites excluding steroid dienone is 1. The molecule has 154 valence electrons. The summed E-state index contributed by atoms with van der Waals surface area (Å²) in [7, 11) is 0. The van der Waals surface area contributed by atoms with Crippen molar-refractivity contribution < 1.29 is 13.7 Å². The van der Waals surface area contributed by atoms with E-state index >= 15 is 0 Å². The molecule has 0 saturated carbocycles. The molecule has 7 heteroatoms. The van der Waals surface area contributed by atoms with Gasteiger partial charge in [-0.1, -0.05) is 29.4 Å². The van der Waals surface area contributed by atoms with Gasteiger partial charge in [0.2, 0.25) is 0 Å². The Hall–Kier alpha value is -3.45.